The molecule has 17 aliphatic rings. The average Bonchev–Trinajstić information content (AvgIpc) is 4.45. The number of rotatable bonds is 6. The van der Waals surface area contributed by atoms with E-state index in [2.05, 4.69) is 187 Å². The van der Waals surface area contributed by atoms with Crippen molar-refractivity contribution in [3.05, 3.63) is 192 Å². The van der Waals surface area contributed by atoms with E-state index in [0.29, 0.717) is 119 Å². The van der Waals surface area contributed by atoms with Gasteiger partial charge < -0.3 is 14.5 Å². The number of allylic oxidation sites excluding steroid dienone is 22. The molecule has 79 heavy (non-hydrogen) atoms. The molecule has 4 saturated heterocycles. The predicted molar refractivity (Wildman–Crippen MR) is 322 cm³/mol. The van der Waals surface area contributed by atoms with Crippen LogP contribution < -0.4 is 0 Å². The summed E-state index contributed by atoms with van der Waals surface area (Å²) in [5.74, 6) is 8.90. The number of likely N-dealkylation sites (tertiary alicyclic amines) is 3. The van der Waals surface area contributed by atoms with E-state index in [4.69, 9.17) is 4.74 Å². The third kappa shape index (κ3) is 7.76. The Morgan fingerprint density at radius 3 is 2.10 bits per heavy atom. The lowest BCUT2D eigenvalue weighted by Gasteiger charge is -2.42. The largest absolute Gasteiger partial charge is 0.370 e. The SMILES string of the molecule is CC1(C)C2CC(N3C4C=CC(C5C=C6C7CCC=CC7N(C7=CC=CCC7)C6CC5)CC4C4CC(C5C=CC6C(C5)C5CCC=CC5N6C5CC=CCC5)C=CC43)=CC=C2C2C=CC(C3=CCC4OC5C=CC=CC5C4C3)=CC21. The highest BCUT2D eigenvalue weighted by Gasteiger charge is 2.58. The van der Waals surface area contributed by atoms with Crippen LogP contribution in [0.4, 0.5) is 0 Å². The topological polar surface area (TPSA) is 19.0 Å². The summed E-state index contributed by atoms with van der Waals surface area (Å²) < 4.78 is 6.59. The number of nitrogens with zero attached hydrogens (tertiary/aromatic N) is 3. The van der Waals surface area contributed by atoms with E-state index in [9.17, 15) is 0 Å². The van der Waals surface area contributed by atoms with Gasteiger partial charge in [-0.25, -0.2) is 0 Å². The molecule has 17 rings (SSSR count). The van der Waals surface area contributed by atoms with Gasteiger partial charge in [-0.05, 0) is 209 Å². The molecule has 0 aromatic rings. The second kappa shape index (κ2) is 19.2. The monoisotopic (exact) mass is 1050 g/mol. The van der Waals surface area contributed by atoms with Gasteiger partial charge in [-0.2, -0.15) is 0 Å². The maximum atomic E-state index is 6.59. The molecule has 23 atom stereocenters. The van der Waals surface area contributed by atoms with Gasteiger partial charge in [-0.15, -0.1) is 0 Å². The first-order chi connectivity index (χ1) is 38.9. The lowest BCUT2D eigenvalue weighted by molar-refractivity contribution is 0.0546. The molecule has 4 heteroatoms. The van der Waals surface area contributed by atoms with E-state index in [-0.39, 0.29) is 11.5 Å². The third-order valence-corrected chi connectivity index (χ3v) is 25.4. The van der Waals surface area contributed by atoms with E-state index in [1.165, 1.54) is 102 Å². The zero-order chi connectivity index (χ0) is 52.1. The van der Waals surface area contributed by atoms with Crippen molar-refractivity contribution in [2.75, 3.05) is 0 Å². The molecular weight excluding hydrogens is 959 g/mol. The second-order valence-electron chi connectivity index (χ2n) is 29.1. The fraction of sp³-hybridized carbons (Fsp3) is 0.573. The van der Waals surface area contributed by atoms with E-state index in [1.54, 1.807) is 22.5 Å². The van der Waals surface area contributed by atoms with E-state index in [1.807, 2.05) is 5.57 Å². The van der Waals surface area contributed by atoms with Crippen molar-refractivity contribution in [3.8, 4) is 0 Å². The zero-order valence-electron chi connectivity index (χ0n) is 47.6. The fourth-order valence-corrected chi connectivity index (χ4v) is 21.8. The van der Waals surface area contributed by atoms with E-state index < -0.39 is 0 Å². The number of hydrogen-bond acceptors (Lipinski definition) is 4. The number of fused-ring (bicyclic) bond motifs is 15. The van der Waals surface area contributed by atoms with Gasteiger partial charge in [0.25, 0.3) is 0 Å². The minimum atomic E-state index is 0.170. The molecule has 410 valence electrons. The summed E-state index contributed by atoms with van der Waals surface area (Å²) in [4.78, 5) is 9.00. The van der Waals surface area contributed by atoms with Crippen molar-refractivity contribution in [3.63, 3.8) is 0 Å². The minimum absolute atomic E-state index is 0.170. The molecular formula is C75H89N3O. The van der Waals surface area contributed by atoms with Gasteiger partial charge in [0.05, 0.1) is 36.4 Å². The van der Waals surface area contributed by atoms with Crippen LogP contribution in [0, 0.1) is 88.3 Å². The van der Waals surface area contributed by atoms with Crippen LogP contribution in [0.25, 0.3) is 0 Å². The molecule has 23 unspecified atom stereocenters. The van der Waals surface area contributed by atoms with Crippen LogP contribution in [0.3, 0.4) is 0 Å². The van der Waals surface area contributed by atoms with Gasteiger partial charge in [0.1, 0.15) is 0 Å². The van der Waals surface area contributed by atoms with Crippen molar-refractivity contribution in [2.24, 2.45) is 88.3 Å². The molecule has 0 N–H and O–H groups in total. The second-order valence-corrected chi connectivity index (χ2v) is 29.1. The Bertz CT molecular complexity index is 3000. The first kappa shape index (κ1) is 49.0. The van der Waals surface area contributed by atoms with Gasteiger partial charge in [0.2, 0.25) is 0 Å². The Balaban J connectivity index is 0.666. The standard InChI is InChI=1S/C75H89N3O/c1-75(2)65-44-51(50-30-38-74-64(43-50)59-21-11-14-24-73(59)79-74)25-32-55(65)56-33-31-54(45-66(56)75)78-71-36-28-48(46-26-34-69-60(39-46)57-19-9-12-22-67(57)76(69)52-15-5-3-6-16-52)41-62(71)63-42-49(29-37-72(63)78)47-27-35-70-61(40-47)58-20-10-13-23-68(58)77(70)53-17-7-4-8-18-53/h3-5,7,11-15,21-25,27-33,35-37,39,44,46-49,53,55,57-59,61-74H,6,8-10,16-20,26,34,38,40-43,45H2,1-2H3. The molecule has 13 aliphatic carbocycles. The normalized spacial score (nSPS) is 47.8. The summed E-state index contributed by atoms with van der Waals surface area (Å²) in [7, 11) is 0. The van der Waals surface area contributed by atoms with Crippen LogP contribution in [0.15, 0.2) is 192 Å². The Hall–Kier alpha value is -4.64. The summed E-state index contributed by atoms with van der Waals surface area (Å²) in [6.07, 6.45) is 89.1. The lowest BCUT2D eigenvalue weighted by atomic mass is 9.64. The average molecular weight is 1050 g/mol. The van der Waals surface area contributed by atoms with Crippen LogP contribution in [0.2, 0.25) is 0 Å². The Morgan fingerprint density at radius 2 is 1.29 bits per heavy atom. The minimum Gasteiger partial charge on any atom is -0.370 e. The highest BCUT2D eigenvalue weighted by molar-refractivity contribution is 5.50. The molecule has 5 fully saturated rings. The Kier molecular flexibility index (Phi) is 11.9. The first-order valence-electron chi connectivity index (χ1n) is 32.9. The van der Waals surface area contributed by atoms with Crippen LogP contribution in [-0.2, 0) is 4.74 Å². The molecule has 0 spiro atoms. The Morgan fingerprint density at radius 1 is 0.532 bits per heavy atom. The quantitative estimate of drug-likeness (QED) is 0.247. The first-order valence-corrected chi connectivity index (χ1v) is 32.9. The van der Waals surface area contributed by atoms with E-state index >= 15 is 0 Å². The molecule has 0 aromatic heterocycles. The molecule has 1 saturated carbocycles. The predicted octanol–water partition coefficient (Wildman–Crippen LogP) is 15.8. The molecule has 0 bridgehead atoms. The smallest absolute Gasteiger partial charge is 0.0829 e. The third-order valence-electron chi connectivity index (χ3n) is 25.4. The highest BCUT2D eigenvalue weighted by Crippen LogP contribution is 2.63. The van der Waals surface area contributed by atoms with Gasteiger partial charge in [0, 0.05) is 47.3 Å². The molecule has 4 heterocycles. The van der Waals surface area contributed by atoms with Crippen molar-refractivity contribution in [2.45, 2.75) is 178 Å². The van der Waals surface area contributed by atoms with Gasteiger partial charge >= 0.3 is 0 Å². The summed E-state index contributed by atoms with van der Waals surface area (Å²) >= 11 is 0. The van der Waals surface area contributed by atoms with Crippen molar-refractivity contribution >= 4 is 0 Å². The summed E-state index contributed by atoms with van der Waals surface area (Å²) in [5, 5.41) is 0. The van der Waals surface area contributed by atoms with Crippen molar-refractivity contribution in [1.82, 2.24) is 14.7 Å². The zero-order valence-corrected chi connectivity index (χ0v) is 47.6. The van der Waals surface area contributed by atoms with Crippen LogP contribution in [-0.4, -0.2) is 69.2 Å². The maximum absolute atomic E-state index is 6.59. The van der Waals surface area contributed by atoms with Gasteiger partial charge in [-0.1, -0.05) is 165 Å². The Labute approximate surface area is 474 Å². The van der Waals surface area contributed by atoms with Crippen LogP contribution in [0.1, 0.15) is 123 Å². The number of hydrogen-bond donors (Lipinski definition) is 0. The molecule has 4 nitrogen and oxygen atoms in total. The van der Waals surface area contributed by atoms with Crippen molar-refractivity contribution in [1.29, 1.82) is 0 Å². The van der Waals surface area contributed by atoms with Crippen LogP contribution in [0.5, 0.6) is 0 Å². The van der Waals surface area contributed by atoms with Crippen molar-refractivity contribution < 1.29 is 4.74 Å². The summed E-state index contributed by atoms with van der Waals surface area (Å²) in [6.45, 7) is 5.29. The maximum Gasteiger partial charge on any atom is 0.0829 e. The molecule has 0 aromatic carbocycles. The number of ether oxygens (including phenoxy) is 1. The molecule has 0 amide bonds. The van der Waals surface area contributed by atoms with E-state index in [0.717, 1.165) is 24.7 Å². The summed E-state index contributed by atoms with van der Waals surface area (Å²) in [6, 6.07) is 4.05. The molecule has 0 radical (unpaired) electrons. The lowest BCUT2D eigenvalue weighted by Crippen LogP contribution is -2.45. The highest BCUT2D eigenvalue weighted by atomic mass is 16.5. The molecule has 4 aliphatic heterocycles. The fourth-order valence-electron chi connectivity index (χ4n) is 21.8. The van der Waals surface area contributed by atoms with Gasteiger partial charge in [0.15, 0.2) is 0 Å². The van der Waals surface area contributed by atoms with Crippen LogP contribution >= 0.6 is 0 Å². The van der Waals surface area contributed by atoms with Gasteiger partial charge in [-0.3, -0.25) is 4.90 Å². The summed E-state index contributed by atoms with van der Waals surface area (Å²) in [5.41, 5.74) is 9.99.